The zero-order valence-electron chi connectivity index (χ0n) is 9.01. The summed E-state index contributed by atoms with van der Waals surface area (Å²) >= 11 is 0. The van der Waals surface area contributed by atoms with Crippen molar-refractivity contribution in [1.82, 2.24) is 5.48 Å². The molecule has 0 aromatic rings. The van der Waals surface area contributed by atoms with Crippen LogP contribution in [0.1, 0.15) is 52.4 Å². The third-order valence-corrected chi connectivity index (χ3v) is 2.94. The molecule has 0 aromatic heterocycles. The minimum Gasteiger partial charge on any atom is -0.302 e. The Balaban J connectivity index is 2.08. The summed E-state index contributed by atoms with van der Waals surface area (Å²) in [7, 11) is 0. The Morgan fingerprint density at radius 1 is 1.15 bits per heavy atom. The number of nitrogens with one attached hydrogen (secondary N) is 1. The average molecular weight is 185 g/mol. The number of hydroxylamine groups is 1. The molecule has 1 aliphatic carbocycles. The van der Waals surface area contributed by atoms with Gasteiger partial charge in [-0.2, -0.15) is 5.48 Å². The smallest absolute Gasteiger partial charge is 0.0654 e. The van der Waals surface area contributed by atoms with Crippen LogP contribution in [0.15, 0.2) is 0 Å². The lowest BCUT2D eigenvalue weighted by molar-refractivity contribution is 0.0108. The van der Waals surface area contributed by atoms with Gasteiger partial charge in [-0.05, 0) is 38.5 Å². The summed E-state index contributed by atoms with van der Waals surface area (Å²) in [6, 6.07) is 0.619. The van der Waals surface area contributed by atoms with E-state index in [1.54, 1.807) is 0 Å². The first-order chi connectivity index (χ1) is 6.36. The molecule has 2 heteroatoms. The molecule has 1 fully saturated rings. The molecular formula is C11H23NO. The summed E-state index contributed by atoms with van der Waals surface area (Å²) in [5.41, 5.74) is 3.13. The summed E-state index contributed by atoms with van der Waals surface area (Å²) in [5, 5.41) is 0. The van der Waals surface area contributed by atoms with Crippen molar-refractivity contribution < 1.29 is 4.84 Å². The molecule has 1 rings (SSSR count). The molecule has 0 heterocycles. The molecule has 0 aromatic carbocycles. The Labute approximate surface area is 82.0 Å². The van der Waals surface area contributed by atoms with Crippen molar-refractivity contribution in [3.8, 4) is 0 Å². The zero-order valence-corrected chi connectivity index (χ0v) is 9.01. The van der Waals surface area contributed by atoms with Gasteiger partial charge >= 0.3 is 0 Å². The first-order valence-electron chi connectivity index (χ1n) is 5.74. The molecule has 0 unspecified atom stereocenters. The summed E-state index contributed by atoms with van der Waals surface area (Å²) in [6.45, 7) is 5.08. The van der Waals surface area contributed by atoms with Crippen molar-refractivity contribution in [1.29, 1.82) is 0 Å². The quantitative estimate of drug-likeness (QED) is 0.665. The summed E-state index contributed by atoms with van der Waals surface area (Å²) in [5.74, 6) is 0.990. The topological polar surface area (TPSA) is 21.3 Å². The van der Waals surface area contributed by atoms with Crippen molar-refractivity contribution >= 4 is 0 Å². The molecular weight excluding hydrogens is 162 g/mol. The Bertz CT molecular complexity index is 119. The summed E-state index contributed by atoms with van der Waals surface area (Å²) in [4.78, 5) is 5.22. The Morgan fingerprint density at radius 3 is 2.38 bits per heavy atom. The number of rotatable bonds is 5. The van der Waals surface area contributed by atoms with Crippen LogP contribution >= 0.6 is 0 Å². The SMILES string of the molecule is CCCC1CCC(NOCC)CC1. The van der Waals surface area contributed by atoms with Crippen LogP contribution in [0.3, 0.4) is 0 Å². The molecule has 2 nitrogen and oxygen atoms in total. The lowest BCUT2D eigenvalue weighted by Crippen LogP contribution is -2.33. The van der Waals surface area contributed by atoms with Gasteiger partial charge < -0.3 is 4.84 Å². The third kappa shape index (κ3) is 4.10. The largest absolute Gasteiger partial charge is 0.302 e. The van der Waals surface area contributed by atoms with Gasteiger partial charge in [0, 0.05) is 6.04 Å². The van der Waals surface area contributed by atoms with Crippen LogP contribution in [-0.2, 0) is 4.84 Å². The fourth-order valence-electron chi connectivity index (χ4n) is 2.18. The van der Waals surface area contributed by atoms with E-state index in [-0.39, 0.29) is 0 Å². The van der Waals surface area contributed by atoms with E-state index >= 15 is 0 Å². The van der Waals surface area contributed by atoms with Crippen molar-refractivity contribution in [3.63, 3.8) is 0 Å². The first kappa shape index (κ1) is 11.0. The Kier molecular flexibility index (Phi) is 5.40. The molecule has 0 aliphatic heterocycles. The molecule has 0 radical (unpaired) electrons. The van der Waals surface area contributed by atoms with Gasteiger partial charge in [0.05, 0.1) is 6.61 Å². The highest BCUT2D eigenvalue weighted by Gasteiger charge is 2.19. The van der Waals surface area contributed by atoms with Gasteiger partial charge in [0.1, 0.15) is 0 Å². The standard InChI is InChI=1S/C11H23NO/c1-3-5-10-6-8-11(9-7-10)12-13-4-2/h10-12H,3-9H2,1-2H3. The van der Waals surface area contributed by atoms with Gasteiger partial charge in [0.25, 0.3) is 0 Å². The molecule has 1 N–H and O–H groups in total. The van der Waals surface area contributed by atoms with Crippen LogP contribution in [0.2, 0.25) is 0 Å². The van der Waals surface area contributed by atoms with Crippen LogP contribution in [0, 0.1) is 5.92 Å². The monoisotopic (exact) mass is 185 g/mol. The van der Waals surface area contributed by atoms with Gasteiger partial charge in [0.15, 0.2) is 0 Å². The fourth-order valence-corrected chi connectivity index (χ4v) is 2.18. The minimum atomic E-state index is 0.619. The zero-order chi connectivity index (χ0) is 9.52. The molecule has 0 bridgehead atoms. The van der Waals surface area contributed by atoms with E-state index in [9.17, 15) is 0 Å². The predicted octanol–water partition coefficient (Wildman–Crippen LogP) is 2.89. The van der Waals surface area contributed by atoms with Gasteiger partial charge in [-0.3, -0.25) is 0 Å². The number of hydrogen-bond donors (Lipinski definition) is 1. The number of hydrogen-bond acceptors (Lipinski definition) is 2. The second kappa shape index (κ2) is 6.39. The summed E-state index contributed by atoms with van der Waals surface area (Å²) < 4.78 is 0. The highest BCUT2D eigenvalue weighted by molar-refractivity contribution is 4.74. The maximum Gasteiger partial charge on any atom is 0.0654 e. The molecule has 0 saturated heterocycles. The molecule has 1 aliphatic rings. The predicted molar refractivity (Wildman–Crippen MR) is 55.4 cm³/mol. The van der Waals surface area contributed by atoms with Gasteiger partial charge in [-0.15, -0.1) is 0 Å². The highest BCUT2D eigenvalue weighted by atomic mass is 16.6. The normalized spacial score (nSPS) is 29.1. The van der Waals surface area contributed by atoms with Crippen LogP contribution in [0.25, 0.3) is 0 Å². The molecule has 1 saturated carbocycles. The second-order valence-corrected chi connectivity index (χ2v) is 4.06. The molecule has 0 amide bonds. The third-order valence-electron chi connectivity index (χ3n) is 2.94. The lowest BCUT2D eigenvalue weighted by atomic mass is 9.84. The van der Waals surface area contributed by atoms with Crippen LogP contribution < -0.4 is 5.48 Å². The first-order valence-corrected chi connectivity index (χ1v) is 5.74. The van der Waals surface area contributed by atoms with E-state index in [1.165, 1.54) is 38.5 Å². The fraction of sp³-hybridized carbons (Fsp3) is 1.00. The van der Waals surface area contributed by atoms with E-state index in [0.29, 0.717) is 6.04 Å². The van der Waals surface area contributed by atoms with E-state index in [1.807, 2.05) is 6.92 Å². The van der Waals surface area contributed by atoms with E-state index in [0.717, 1.165) is 12.5 Å². The van der Waals surface area contributed by atoms with Gasteiger partial charge in [-0.1, -0.05) is 19.8 Å². The van der Waals surface area contributed by atoms with E-state index in [2.05, 4.69) is 12.4 Å². The molecule has 0 atom stereocenters. The minimum absolute atomic E-state index is 0.619. The van der Waals surface area contributed by atoms with Crippen LogP contribution in [-0.4, -0.2) is 12.6 Å². The van der Waals surface area contributed by atoms with E-state index < -0.39 is 0 Å². The van der Waals surface area contributed by atoms with Crippen molar-refractivity contribution in [2.75, 3.05) is 6.61 Å². The van der Waals surface area contributed by atoms with Crippen molar-refractivity contribution in [3.05, 3.63) is 0 Å². The lowest BCUT2D eigenvalue weighted by Gasteiger charge is -2.28. The van der Waals surface area contributed by atoms with E-state index in [4.69, 9.17) is 4.84 Å². The maximum absolute atomic E-state index is 5.22. The molecule has 0 spiro atoms. The Hall–Kier alpha value is -0.0800. The van der Waals surface area contributed by atoms with Crippen LogP contribution in [0.5, 0.6) is 0 Å². The van der Waals surface area contributed by atoms with Gasteiger partial charge in [-0.25, -0.2) is 0 Å². The van der Waals surface area contributed by atoms with Crippen molar-refractivity contribution in [2.45, 2.75) is 58.4 Å². The second-order valence-electron chi connectivity index (χ2n) is 4.06. The van der Waals surface area contributed by atoms with Gasteiger partial charge in [0.2, 0.25) is 0 Å². The van der Waals surface area contributed by atoms with Crippen molar-refractivity contribution in [2.24, 2.45) is 5.92 Å². The van der Waals surface area contributed by atoms with Crippen LogP contribution in [0.4, 0.5) is 0 Å². The summed E-state index contributed by atoms with van der Waals surface area (Å²) in [6.07, 6.45) is 8.13. The molecule has 78 valence electrons. The Morgan fingerprint density at radius 2 is 1.85 bits per heavy atom. The molecule has 13 heavy (non-hydrogen) atoms. The maximum atomic E-state index is 5.22. The highest BCUT2D eigenvalue weighted by Crippen LogP contribution is 2.27. The average Bonchev–Trinajstić information content (AvgIpc) is 2.17.